The van der Waals surface area contributed by atoms with E-state index in [0.717, 1.165) is 43.1 Å². The van der Waals surface area contributed by atoms with Gasteiger partial charge in [-0.05, 0) is 66.0 Å². The van der Waals surface area contributed by atoms with Gasteiger partial charge in [0.15, 0.2) is 0 Å². The van der Waals surface area contributed by atoms with Crippen LogP contribution < -0.4 is 11.1 Å². The molecule has 0 aliphatic carbocycles. The van der Waals surface area contributed by atoms with Gasteiger partial charge in [-0.2, -0.15) is 0 Å². The van der Waals surface area contributed by atoms with Gasteiger partial charge in [0.1, 0.15) is 0 Å². The van der Waals surface area contributed by atoms with Crippen molar-refractivity contribution in [2.45, 2.75) is 13.8 Å². The summed E-state index contributed by atoms with van der Waals surface area (Å²) in [7, 11) is 0. The second kappa shape index (κ2) is 7.00. The molecular weight excluding hydrogens is 430 g/mol. The van der Waals surface area contributed by atoms with Crippen LogP contribution in [-0.2, 0) is 0 Å². The second-order valence-corrected chi connectivity index (χ2v) is 8.81. The molecule has 0 aliphatic rings. The summed E-state index contributed by atoms with van der Waals surface area (Å²) in [5.41, 5.74) is 0.0978. The van der Waals surface area contributed by atoms with Crippen molar-refractivity contribution in [2.75, 3.05) is 0 Å². The Morgan fingerprint density at radius 2 is 0.914 bits per heavy atom. The van der Waals surface area contributed by atoms with Crippen LogP contribution in [0.15, 0.2) is 101 Å². The molecule has 0 spiro atoms. The van der Waals surface area contributed by atoms with E-state index < -0.39 is 0 Å². The van der Waals surface area contributed by atoms with Gasteiger partial charge in [-0.1, -0.05) is 92.7 Å². The normalized spacial score (nSPS) is 11.9. The smallest absolute Gasteiger partial charge is 0.266 e. The van der Waals surface area contributed by atoms with Crippen molar-refractivity contribution in [3.05, 3.63) is 112 Å². The highest BCUT2D eigenvalue weighted by Gasteiger charge is 2.25. The van der Waals surface area contributed by atoms with E-state index in [-0.39, 0.29) is 11.1 Å². The minimum atomic E-state index is -0.251. The van der Waals surface area contributed by atoms with E-state index in [9.17, 15) is 9.59 Å². The standard InChI is InChI=1S/C30H15NO2.C2H6/c32-29-27-21-14-12-16-6-4-10-19-20-11-5-7-17-13-15-22(26(24(17)20)25(21)23(16)19)28(27)30(33)31(29)18-8-2-1-3-9-18;1-2/h1-15H;1-2H3. The lowest BCUT2D eigenvalue weighted by Crippen LogP contribution is -2.23. The molecule has 0 radical (unpaired) electrons. The van der Waals surface area contributed by atoms with Gasteiger partial charge in [-0.3, -0.25) is 9.59 Å². The highest BCUT2D eigenvalue weighted by Crippen LogP contribution is 2.46. The zero-order valence-electron chi connectivity index (χ0n) is 19.4. The van der Waals surface area contributed by atoms with Gasteiger partial charge in [0, 0.05) is 0 Å². The zero-order chi connectivity index (χ0) is 23.8. The van der Waals surface area contributed by atoms with Crippen molar-refractivity contribution in [1.29, 1.82) is 0 Å². The van der Waals surface area contributed by atoms with E-state index in [0.29, 0.717) is 16.5 Å². The summed E-state index contributed by atoms with van der Waals surface area (Å²) in [6, 6.07) is 30.1. The predicted molar refractivity (Wildman–Crippen MR) is 148 cm³/mol. The first-order chi connectivity index (χ1) is 17.2. The Balaban J connectivity index is 0.00000103. The molecule has 0 saturated heterocycles. The summed E-state index contributed by atoms with van der Waals surface area (Å²) in [5.74, 6) is 0. The highest BCUT2D eigenvalue weighted by atomic mass is 16.2. The minimum Gasteiger partial charge on any atom is -0.268 e. The first kappa shape index (κ1) is 19.9. The number of para-hydroxylation sites is 1. The van der Waals surface area contributed by atoms with Gasteiger partial charge in [0.05, 0.1) is 16.5 Å². The topological polar surface area (TPSA) is 39.1 Å². The second-order valence-electron chi connectivity index (χ2n) is 8.81. The number of hydrogen-bond acceptors (Lipinski definition) is 2. The fourth-order valence-corrected chi connectivity index (χ4v) is 5.98. The summed E-state index contributed by atoms with van der Waals surface area (Å²) in [6.45, 7) is 4.00. The van der Waals surface area contributed by atoms with E-state index in [4.69, 9.17) is 0 Å². The van der Waals surface area contributed by atoms with Crippen molar-refractivity contribution >= 4 is 64.6 Å². The summed E-state index contributed by atoms with van der Waals surface area (Å²) in [4.78, 5) is 27.6. The first-order valence-electron chi connectivity index (χ1n) is 12.0. The highest BCUT2D eigenvalue weighted by molar-refractivity contribution is 6.44. The van der Waals surface area contributed by atoms with E-state index in [2.05, 4.69) is 48.5 Å². The Bertz CT molecular complexity index is 2020. The van der Waals surface area contributed by atoms with Crippen molar-refractivity contribution in [1.82, 2.24) is 4.57 Å². The average Bonchev–Trinajstić information content (AvgIpc) is 3.19. The van der Waals surface area contributed by atoms with Crippen LogP contribution in [0.25, 0.3) is 70.3 Å². The lowest BCUT2D eigenvalue weighted by Gasteiger charge is -2.18. The van der Waals surface area contributed by atoms with E-state index in [1.807, 2.05) is 56.3 Å². The lowest BCUT2D eigenvalue weighted by atomic mass is 9.84. The van der Waals surface area contributed by atoms with Crippen LogP contribution in [0.5, 0.6) is 0 Å². The molecule has 0 N–H and O–H groups in total. The van der Waals surface area contributed by atoms with Gasteiger partial charge in [0.25, 0.3) is 11.1 Å². The fraction of sp³-hybridized carbons (Fsp3) is 0.0625. The molecule has 3 heteroatoms. The Kier molecular flexibility index (Phi) is 3.99. The molecule has 8 aromatic rings. The molecule has 0 atom stereocenters. The number of rotatable bonds is 1. The Morgan fingerprint density at radius 3 is 1.40 bits per heavy atom. The first-order valence-corrected chi connectivity index (χ1v) is 12.0. The van der Waals surface area contributed by atoms with Crippen molar-refractivity contribution in [2.24, 2.45) is 0 Å². The van der Waals surface area contributed by atoms with Crippen molar-refractivity contribution in [3.8, 4) is 5.69 Å². The Hall–Kier alpha value is -4.50. The molecule has 1 aromatic heterocycles. The lowest BCUT2D eigenvalue weighted by molar-refractivity contribution is 0.992. The Morgan fingerprint density at radius 1 is 0.429 bits per heavy atom. The molecule has 7 aromatic carbocycles. The van der Waals surface area contributed by atoms with E-state index >= 15 is 0 Å². The zero-order valence-corrected chi connectivity index (χ0v) is 19.4. The summed E-state index contributed by atoms with van der Waals surface area (Å²) < 4.78 is 1.33. The molecule has 166 valence electrons. The molecule has 0 saturated carbocycles. The van der Waals surface area contributed by atoms with Crippen LogP contribution in [0.3, 0.4) is 0 Å². The quantitative estimate of drug-likeness (QED) is 0.192. The third kappa shape index (κ3) is 2.35. The summed E-state index contributed by atoms with van der Waals surface area (Å²) in [6.07, 6.45) is 0. The van der Waals surface area contributed by atoms with E-state index in [1.54, 1.807) is 0 Å². The van der Waals surface area contributed by atoms with E-state index in [1.165, 1.54) is 15.3 Å². The predicted octanol–water partition coefficient (Wildman–Crippen LogP) is 7.46. The molecule has 0 fully saturated rings. The molecule has 0 unspecified atom stereocenters. The third-order valence-corrected chi connectivity index (χ3v) is 7.27. The third-order valence-electron chi connectivity index (χ3n) is 7.27. The van der Waals surface area contributed by atoms with Crippen LogP contribution in [0, 0.1) is 0 Å². The Labute approximate surface area is 200 Å². The maximum Gasteiger partial charge on any atom is 0.266 e. The molecule has 0 amide bonds. The molecule has 0 aliphatic heterocycles. The number of nitrogens with zero attached hydrogens (tertiary/aromatic N) is 1. The SMILES string of the molecule is CC.O=c1c2c3ccc4cccc5c6cccc7ccc(c2c(=O)n1-c1ccccc1)c(c76)c3c45. The van der Waals surface area contributed by atoms with Crippen LogP contribution in [0.2, 0.25) is 0 Å². The number of hydrogen-bond donors (Lipinski definition) is 0. The van der Waals surface area contributed by atoms with Crippen LogP contribution in [-0.4, -0.2) is 4.57 Å². The maximum atomic E-state index is 13.8. The molecule has 3 nitrogen and oxygen atoms in total. The minimum absolute atomic E-state index is 0.251. The molecule has 0 bridgehead atoms. The molecule has 8 rings (SSSR count). The van der Waals surface area contributed by atoms with Gasteiger partial charge in [-0.15, -0.1) is 0 Å². The van der Waals surface area contributed by atoms with Gasteiger partial charge >= 0.3 is 0 Å². The largest absolute Gasteiger partial charge is 0.268 e. The molecule has 35 heavy (non-hydrogen) atoms. The summed E-state index contributed by atoms with van der Waals surface area (Å²) >= 11 is 0. The van der Waals surface area contributed by atoms with Crippen molar-refractivity contribution < 1.29 is 0 Å². The van der Waals surface area contributed by atoms with Crippen molar-refractivity contribution in [3.63, 3.8) is 0 Å². The monoisotopic (exact) mass is 451 g/mol. The van der Waals surface area contributed by atoms with Crippen LogP contribution >= 0.6 is 0 Å². The van der Waals surface area contributed by atoms with Gasteiger partial charge in [0.2, 0.25) is 0 Å². The average molecular weight is 452 g/mol. The number of aromatic nitrogens is 1. The molecular formula is C32H21NO2. The summed E-state index contributed by atoms with van der Waals surface area (Å²) in [5, 5.41) is 11.9. The number of benzene rings is 7. The maximum absolute atomic E-state index is 13.8. The van der Waals surface area contributed by atoms with Gasteiger partial charge < -0.3 is 0 Å². The fourth-order valence-electron chi connectivity index (χ4n) is 5.98. The van der Waals surface area contributed by atoms with Gasteiger partial charge in [-0.25, -0.2) is 4.57 Å². The van der Waals surface area contributed by atoms with Crippen LogP contribution in [0.4, 0.5) is 0 Å². The number of fused-ring (bicyclic) bond motifs is 4. The molecule has 1 heterocycles. The van der Waals surface area contributed by atoms with Crippen LogP contribution in [0.1, 0.15) is 13.8 Å².